The maximum Gasteiger partial charge on any atom is 0.315 e. The van der Waals surface area contributed by atoms with Gasteiger partial charge in [-0.25, -0.2) is 9.18 Å². The number of benzene rings is 1. The number of nitrogens with zero attached hydrogens (tertiary/aromatic N) is 1. The van der Waals surface area contributed by atoms with E-state index in [0.717, 1.165) is 6.07 Å². The van der Waals surface area contributed by atoms with Crippen molar-refractivity contribution in [3.05, 3.63) is 35.1 Å². The maximum atomic E-state index is 13.6. The second-order valence-corrected chi connectivity index (χ2v) is 5.86. The lowest BCUT2D eigenvalue weighted by Crippen LogP contribution is -2.43. The molecule has 1 atom stereocenters. The van der Waals surface area contributed by atoms with Crippen molar-refractivity contribution in [3.63, 3.8) is 0 Å². The number of aliphatic hydroxyl groups is 1. The Kier molecular flexibility index (Phi) is 5.68. The number of aliphatic hydroxyl groups excluding tert-OH is 1. The Morgan fingerprint density at radius 2 is 2.10 bits per heavy atom. The van der Waals surface area contributed by atoms with Crippen LogP contribution in [0.2, 0.25) is 0 Å². The van der Waals surface area contributed by atoms with Crippen molar-refractivity contribution < 1.29 is 14.3 Å². The summed E-state index contributed by atoms with van der Waals surface area (Å²) in [5.41, 5.74) is 0.196. The van der Waals surface area contributed by atoms with Gasteiger partial charge in [-0.3, -0.25) is 0 Å². The summed E-state index contributed by atoms with van der Waals surface area (Å²) in [4.78, 5) is 11.6. The van der Waals surface area contributed by atoms with Gasteiger partial charge in [0.15, 0.2) is 0 Å². The number of urea groups is 1. The van der Waals surface area contributed by atoms with E-state index in [-0.39, 0.29) is 24.1 Å². The minimum atomic E-state index is -0.671. The monoisotopic (exact) mass is 293 g/mol. The lowest BCUT2D eigenvalue weighted by Gasteiger charge is -2.25. The van der Waals surface area contributed by atoms with Gasteiger partial charge in [-0.05, 0) is 17.5 Å². The molecule has 1 unspecified atom stereocenters. The molecule has 0 aromatic heterocycles. The van der Waals surface area contributed by atoms with Crippen LogP contribution in [0.15, 0.2) is 18.2 Å². The van der Waals surface area contributed by atoms with Gasteiger partial charge in [0.25, 0.3) is 0 Å². The van der Waals surface area contributed by atoms with Crippen LogP contribution in [0.3, 0.4) is 0 Å². The van der Waals surface area contributed by atoms with Crippen LogP contribution in [0.1, 0.15) is 31.9 Å². The number of carbonyl (C=O) groups is 1. The van der Waals surface area contributed by atoms with Crippen LogP contribution in [0.5, 0.6) is 0 Å². The molecular weight excluding hydrogens is 273 g/mol. The summed E-state index contributed by atoms with van der Waals surface area (Å²) in [5.74, 6) is -0.538. The first-order chi connectivity index (χ1) is 9.74. The molecule has 1 rings (SSSR count). The summed E-state index contributed by atoms with van der Waals surface area (Å²) in [5, 5.41) is 23.5. The Bertz CT molecular complexity index is 547. The van der Waals surface area contributed by atoms with Gasteiger partial charge < -0.3 is 15.7 Å². The van der Waals surface area contributed by atoms with Gasteiger partial charge in [0.2, 0.25) is 0 Å². The normalized spacial score (nSPS) is 12.4. The SMILES string of the molecule is CC(C)(C)C(O)CNC(=O)NCc1ccc(C#N)cc1F. The van der Waals surface area contributed by atoms with Crippen molar-refractivity contribution in [2.24, 2.45) is 5.41 Å². The highest BCUT2D eigenvalue weighted by Crippen LogP contribution is 2.18. The Balaban J connectivity index is 2.45. The first kappa shape index (κ1) is 16.9. The fourth-order valence-corrected chi connectivity index (χ4v) is 1.49. The zero-order valence-corrected chi connectivity index (χ0v) is 12.4. The smallest absolute Gasteiger partial charge is 0.315 e. The number of nitrogens with one attached hydrogen (secondary N) is 2. The van der Waals surface area contributed by atoms with E-state index in [0.29, 0.717) is 5.56 Å². The standard InChI is InChI=1S/C15H20FN3O2/c1-15(2,3)13(20)9-19-14(21)18-8-11-5-4-10(7-17)6-12(11)16/h4-6,13,20H,8-9H2,1-3H3,(H2,18,19,21). The molecule has 0 fully saturated rings. The predicted octanol–water partition coefficient (Wildman–Crippen LogP) is 1.90. The van der Waals surface area contributed by atoms with E-state index in [9.17, 15) is 14.3 Å². The van der Waals surface area contributed by atoms with E-state index >= 15 is 0 Å². The first-order valence-corrected chi connectivity index (χ1v) is 6.62. The lowest BCUT2D eigenvalue weighted by molar-refractivity contribution is 0.0650. The van der Waals surface area contributed by atoms with Gasteiger partial charge in [-0.15, -0.1) is 0 Å². The number of hydrogen-bond donors (Lipinski definition) is 3. The molecule has 6 heteroatoms. The second kappa shape index (κ2) is 7.04. The number of carbonyl (C=O) groups excluding carboxylic acids is 1. The van der Waals surface area contributed by atoms with Gasteiger partial charge in [-0.2, -0.15) is 5.26 Å². The van der Waals surface area contributed by atoms with Crippen molar-refractivity contribution in [1.29, 1.82) is 5.26 Å². The fourth-order valence-electron chi connectivity index (χ4n) is 1.49. The van der Waals surface area contributed by atoms with E-state index in [1.165, 1.54) is 12.1 Å². The summed E-state index contributed by atoms with van der Waals surface area (Å²) in [6.07, 6.45) is -0.671. The van der Waals surface area contributed by atoms with Crippen LogP contribution in [-0.4, -0.2) is 23.8 Å². The third-order valence-corrected chi connectivity index (χ3v) is 3.08. The minimum absolute atomic E-state index is 0.00892. The number of rotatable bonds is 4. The second-order valence-electron chi connectivity index (χ2n) is 5.86. The fraction of sp³-hybridized carbons (Fsp3) is 0.467. The van der Waals surface area contributed by atoms with Gasteiger partial charge in [-0.1, -0.05) is 26.8 Å². The summed E-state index contributed by atoms with van der Waals surface area (Å²) >= 11 is 0. The molecule has 0 heterocycles. The van der Waals surface area contributed by atoms with Crippen molar-refractivity contribution in [3.8, 4) is 6.07 Å². The molecule has 3 N–H and O–H groups in total. The lowest BCUT2D eigenvalue weighted by atomic mass is 9.89. The van der Waals surface area contributed by atoms with E-state index in [1.807, 2.05) is 26.8 Å². The van der Waals surface area contributed by atoms with Crippen molar-refractivity contribution in [2.45, 2.75) is 33.4 Å². The van der Waals surface area contributed by atoms with Crippen molar-refractivity contribution in [1.82, 2.24) is 10.6 Å². The van der Waals surface area contributed by atoms with Crippen LogP contribution in [0, 0.1) is 22.6 Å². The predicted molar refractivity (Wildman–Crippen MR) is 76.8 cm³/mol. The van der Waals surface area contributed by atoms with Gasteiger partial charge in [0.1, 0.15) is 5.82 Å². The number of amides is 2. The largest absolute Gasteiger partial charge is 0.391 e. The highest BCUT2D eigenvalue weighted by molar-refractivity contribution is 5.73. The van der Waals surface area contributed by atoms with Crippen LogP contribution < -0.4 is 10.6 Å². The molecule has 114 valence electrons. The molecular formula is C15H20FN3O2. The van der Waals surface area contributed by atoms with Crippen LogP contribution in [0.25, 0.3) is 0 Å². The average Bonchev–Trinajstić information content (AvgIpc) is 2.42. The molecule has 0 bridgehead atoms. The molecule has 1 aromatic rings. The molecule has 5 nitrogen and oxygen atoms in total. The summed E-state index contributed by atoms with van der Waals surface area (Å²) in [6.45, 7) is 5.72. The van der Waals surface area contributed by atoms with E-state index in [2.05, 4.69) is 10.6 Å². The molecule has 2 amide bonds. The molecule has 0 radical (unpaired) electrons. The average molecular weight is 293 g/mol. The Hall–Kier alpha value is -2.13. The number of hydrogen-bond acceptors (Lipinski definition) is 3. The Morgan fingerprint density at radius 1 is 1.43 bits per heavy atom. The third kappa shape index (κ3) is 5.40. The number of halogens is 1. The molecule has 21 heavy (non-hydrogen) atoms. The highest BCUT2D eigenvalue weighted by Gasteiger charge is 2.22. The summed E-state index contributed by atoms with van der Waals surface area (Å²) in [7, 11) is 0. The zero-order chi connectivity index (χ0) is 16.0. The van der Waals surface area contributed by atoms with Gasteiger partial charge in [0, 0.05) is 18.7 Å². The van der Waals surface area contributed by atoms with Crippen LogP contribution in [-0.2, 0) is 6.54 Å². The van der Waals surface area contributed by atoms with E-state index in [1.54, 1.807) is 0 Å². The first-order valence-electron chi connectivity index (χ1n) is 6.62. The van der Waals surface area contributed by atoms with Crippen molar-refractivity contribution >= 4 is 6.03 Å². The molecule has 0 saturated heterocycles. The van der Waals surface area contributed by atoms with Crippen LogP contribution >= 0.6 is 0 Å². The Morgan fingerprint density at radius 3 is 2.62 bits per heavy atom. The number of nitriles is 1. The van der Waals surface area contributed by atoms with Gasteiger partial charge >= 0.3 is 6.03 Å². The van der Waals surface area contributed by atoms with E-state index < -0.39 is 18.0 Å². The van der Waals surface area contributed by atoms with Gasteiger partial charge in [0.05, 0.1) is 17.7 Å². The highest BCUT2D eigenvalue weighted by atomic mass is 19.1. The molecule has 0 aliphatic heterocycles. The van der Waals surface area contributed by atoms with Crippen LogP contribution in [0.4, 0.5) is 9.18 Å². The third-order valence-electron chi connectivity index (χ3n) is 3.08. The quantitative estimate of drug-likeness (QED) is 0.792. The molecule has 0 aliphatic carbocycles. The Labute approximate surface area is 123 Å². The summed E-state index contributed by atoms with van der Waals surface area (Å²) in [6, 6.07) is 5.42. The zero-order valence-electron chi connectivity index (χ0n) is 12.4. The minimum Gasteiger partial charge on any atom is -0.391 e. The molecule has 0 saturated carbocycles. The van der Waals surface area contributed by atoms with E-state index in [4.69, 9.17) is 5.26 Å². The molecule has 1 aromatic carbocycles. The summed E-state index contributed by atoms with van der Waals surface area (Å²) < 4.78 is 13.6. The topological polar surface area (TPSA) is 85.2 Å². The van der Waals surface area contributed by atoms with Crippen molar-refractivity contribution in [2.75, 3.05) is 6.54 Å². The molecule has 0 spiro atoms. The maximum absolute atomic E-state index is 13.6. The molecule has 0 aliphatic rings.